The van der Waals surface area contributed by atoms with E-state index < -0.39 is 5.97 Å². The number of nitrogens with one attached hydrogen (secondary N) is 1. The van der Waals surface area contributed by atoms with E-state index in [0.29, 0.717) is 6.54 Å². The van der Waals surface area contributed by atoms with Crippen LogP contribution in [0.5, 0.6) is 0 Å². The SMILES string of the molecule is Cc1c(-c2ccccc2)cccc1-c1ccn2c(-c3ccc(CNCC(=O)O)cc3)cnc2c1. The number of carboxylic acids is 1. The maximum Gasteiger partial charge on any atom is 0.317 e. The van der Waals surface area contributed by atoms with Gasteiger partial charge in [0.1, 0.15) is 5.65 Å². The van der Waals surface area contributed by atoms with Crippen LogP contribution >= 0.6 is 0 Å². The molecular weight excluding hydrogens is 422 g/mol. The molecule has 2 aromatic heterocycles. The topological polar surface area (TPSA) is 66.6 Å². The largest absolute Gasteiger partial charge is 0.480 e. The number of aromatic nitrogens is 2. The van der Waals surface area contributed by atoms with E-state index in [1.165, 1.54) is 22.3 Å². The van der Waals surface area contributed by atoms with Crippen LogP contribution in [0, 0.1) is 6.92 Å². The van der Waals surface area contributed by atoms with Crippen molar-refractivity contribution in [2.24, 2.45) is 0 Å². The molecule has 5 aromatic rings. The molecule has 5 rings (SSSR count). The molecule has 0 aliphatic rings. The molecule has 0 unspecified atom stereocenters. The highest BCUT2D eigenvalue weighted by molar-refractivity contribution is 5.80. The van der Waals surface area contributed by atoms with E-state index >= 15 is 0 Å². The van der Waals surface area contributed by atoms with Crippen LogP contribution in [-0.2, 0) is 11.3 Å². The zero-order chi connectivity index (χ0) is 23.5. The maximum atomic E-state index is 10.7. The molecule has 2 N–H and O–H groups in total. The van der Waals surface area contributed by atoms with E-state index in [1.807, 2.05) is 36.5 Å². The molecule has 0 aliphatic heterocycles. The lowest BCUT2D eigenvalue weighted by Gasteiger charge is -2.12. The predicted molar refractivity (Wildman–Crippen MR) is 136 cm³/mol. The van der Waals surface area contributed by atoms with E-state index in [2.05, 4.69) is 82.4 Å². The molecule has 0 saturated carbocycles. The Labute approximate surface area is 198 Å². The summed E-state index contributed by atoms with van der Waals surface area (Å²) in [6, 6.07) is 29.3. The van der Waals surface area contributed by atoms with E-state index in [1.54, 1.807) is 0 Å². The fourth-order valence-corrected chi connectivity index (χ4v) is 4.35. The normalized spacial score (nSPS) is 11.1. The monoisotopic (exact) mass is 447 g/mol. The van der Waals surface area contributed by atoms with Crippen LogP contribution < -0.4 is 5.32 Å². The van der Waals surface area contributed by atoms with Crippen LogP contribution in [0.2, 0.25) is 0 Å². The molecule has 0 fully saturated rings. The third-order valence-electron chi connectivity index (χ3n) is 6.10. The zero-order valence-electron chi connectivity index (χ0n) is 18.9. The van der Waals surface area contributed by atoms with E-state index in [9.17, 15) is 4.79 Å². The molecule has 0 bridgehead atoms. The number of carbonyl (C=O) groups is 1. The fraction of sp³-hybridized carbons (Fsp3) is 0.103. The highest BCUT2D eigenvalue weighted by Crippen LogP contribution is 2.32. The summed E-state index contributed by atoms with van der Waals surface area (Å²) in [5.41, 5.74) is 10.0. The Kier molecular flexibility index (Phi) is 5.93. The lowest BCUT2D eigenvalue weighted by molar-refractivity contribution is -0.135. The molecule has 0 atom stereocenters. The molecule has 2 heterocycles. The maximum absolute atomic E-state index is 10.7. The summed E-state index contributed by atoms with van der Waals surface area (Å²) < 4.78 is 2.09. The smallest absolute Gasteiger partial charge is 0.317 e. The quantitative estimate of drug-likeness (QED) is 0.330. The van der Waals surface area contributed by atoms with Crippen molar-refractivity contribution in [1.29, 1.82) is 0 Å². The highest BCUT2D eigenvalue weighted by Gasteiger charge is 2.11. The second-order valence-electron chi connectivity index (χ2n) is 8.33. The average Bonchev–Trinajstić information content (AvgIpc) is 3.28. The molecule has 5 nitrogen and oxygen atoms in total. The van der Waals surface area contributed by atoms with E-state index in [4.69, 9.17) is 5.11 Å². The van der Waals surface area contributed by atoms with Crippen LogP contribution in [0.1, 0.15) is 11.1 Å². The first-order valence-corrected chi connectivity index (χ1v) is 11.2. The molecule has 168 valence electrons. The minimum Gasteiger partial charge on any atom is -0.480 e. The fourth-order valence-electron chi connectivity index (χ4n) is 4.35. The summed E-state index contributed by atoms with van der Waals surface area (Å²) >= 11 is 0. The lowest BCUT2D eigenvalue weighted by Crippen LogP contribution is -2.21. The number of pyridine rings is 1. The Hall–Kier alpha value is -4.22. The van der Waals surface area contributed by atoms with Crippen LogP contribution in [-0.4, -0.2) is 27.0 Å². The summed E-state index contributed by atoms with van der Waals surface area (Å²) in [6.45, 7) is 2.64. The van der Waals surface area contributed by atoms with Crippen molar-refractivity contribution in [3.05, 3.63) is 108 Å². The third kappa shape index (κ3) is 4.34. The number of carboxylic acid groups (broad SMARTS) is 1. The van der Waals surface area contributed by atoms with Gasteiger partial charge in [0.2, 0.25) is 0 Å². The molecule has 5 heteroatoms. The van der Waals surface area contributed by atoms with Crippen molar-refractivity contribution in [3.8, 4) is 33.5 Å². The molecule has 0 amide bonds. The third-order valence-corrected chi connectivity index (χ3v) is 6.10. The van der Waals surface area contributed by atoms with Gasteiger partial charge in [0.15, 0.2) is 0 Å². The first kappa shape index (κ1) is 21.6. The minimum atomic E-state index is -0.858. The van der Waals surface area contributed by atoms with Crippen molar-refractivity contribution in [2.75, 3.05) is 6.54 Å². The number of hydrogen-bond acceptors (Lipinski definition) is 3. The molecule has 0 radical (unpaired) electrons. The number of fused-ring (bicyclic) bond motifs is 1. The minimum absolute atomic E-state index is 0.0505. The summed E-state index contributed by atoms with van der Waals surface area (Å²) in [4.78, 5) is 15.3. The second kappa shape index (κ2) is 9.33. The number of imidazole rings is 1. The van der Waals surface area contributed by atoms with Gasteiger partial charge < -0.3 is 10.4 Å². The van der Waals surface area contributed by atoms with Gasteiger partial charge in [-0.15, -0.1) is 0 Å². The van der Waals surface area contributed by atoms with Crippen LogP contribution in [0.25, 0.3) is 39.2 Å². The van der Waals surface area contributed by atoms with Gasteiger partial charge in [0.25, 0.3) is 0 Å². The van der Waals surface area contributed by atoms with Gasteiger partial charge in [-0.1, -0.05) is 72.8 Å². The number of aliphatic carboxylic acids is 1. The van der Waals surface area contributed by atoms with Gasteiger partial charge in [-0.2, -0.15) is 0 Å². The second-order valence-corrected chi connectivity index (χ2v) is 8.33. The van der Waals surface area contributed by atoms with Crippen molar-refractivity contribution >= 4 is 11.6 Å². The Balaban J connectivity index is 1.43. The number of rotatable bonds is 7. The molecule has 34 heavy (non-hydrogen) atoms. The first-order chi connectivity index (χ1) is 16.6. The molecule has 0 aliphatic carbocycles. The Morgan fingerprint density at radius 1 is 0.882 bits per heavy atom. The standard InChI is InChI=1S/C29H25N3O2/c1-20-25(22-6-3-2-4-7-22)8-5-9-26(20)24-14-15-32-27(18-31-28(32)16-24)23-12-10-21(11-13-23)17-30-19-29(33)34/h2-16,18,30H,17,19H2,1H3,(H,33,34). The Morgan fingerprint density at radius 2 is 1.62 bits per heavy atom. The highest BCUT2D eigenvalue weighted by atomic mass is 16.4. The summed E-state index contributed by atoms with van der Waals surface area (Å²) in [7, 11) is 0. The Morgan fingerprint density at radius 3 is 2.35 bits per heavy atom. The first-order valence-electron chi connectivity index (χ1n) is 11.2. The summed E-state index contributed by atoms with van der Waals surface area (Å²) in [5.74, 6) is -0.858. The summed E-state index contributed by atoms with van der Waals surface area (Å²) in [6.07, 6.45) is 3.97. The van der Waals surface area contributed by atoms with Crippen molar-refractivity contribution in [2.45, 2.75) is 13.5 Å². The average molecular weight is 448 g/mol. The van der Waals surface area contributed by atoms with Crippen molar-refractivity contribution in [3.63, 3.8) is 0 Å². The van der Waals surface area contributed by atoms with Gasteiger partial charge >= 0.3 is 5.97 Å². The van der Waals surface area contributed by atoms with Crippen molar-refractivity contribution in [1.82, 2.24) is 14.7 Å². The molecule has 0 saturated heterocycles. The van der Waals surface area contributed by atoms with E-state index in [-0.39, 0.29) is 6.54 Å². The molecule has 3 aromatic carbocycles. The zero-order valence-corrected chi connectivity index (χ0v) is 18.9. The van der Waals surface area contributed by atoms with Gasteiger partial charge in [0.05, 0.1) is 18.4 Å². The summed E-state index contributed by atoms with van der Waals surface area (Å²) in [5, 5.41) is 11.7. The van der Waals surface area contributed by atoms with Gasteiger partial charge in [-0.05, 0) is 52.4 Å². The van der Waals surface area contributed by atoms with E-state index in [0.717, 1.165) is 28.0 Å². The van der Waals surface area contributed by atoms with Crippen LogP contribution in [0.15, 0.2) is 97.3 Å². The van der Waals surface area contributed by atoms with Gasteiger partial charge in [0, 0.05) is 18.3 Å². The Bertz CT molecular complexity index is 1450. The van der Waals surface area contributed by atoms with Gasteiger partial charge in [-0.3, -0.25) is 9.20 Å². The number of benzene rings is 3. The number of hydrogen-bond donors (Lipinski definition) is 2. The predicted octanol–water partition coefficient (Wildman–Crippen LogP) is 5.82. The lowest BCUT2D eigenvalue weighted by atomic mass is 9.93. The number of nitrogens with zero attached hydrogens (tertiary/aromatic N) is 2. The van der Waals surface area contributed by atoms with Crippen LogP contribution in [0.3, 0.4) is 0 Å². The van der Waals surface area contributed by atoms with Gasteiger partial charge in [-0.25, -0.2) is 4.98 Å². The molecule has 0 spiro atoms. The molecular formula is C29H25N3O2. The van der Waals surface area contributed by atoms with Crippen LogP contribution in [0.4, 0.5) is 0 Å². The van der Waals surface area contributed by atoms with Crippen molar-refractivity contribution < 1.29 is 9.90 Å².